The summed E-state index contributed by atoms with van der Waals surface area (Å²) in [5.41, 5.74) is 4.13. The van der Waals surface area contributed by atoms with Crippen LogP contribution < -0.4 is 4.74 Å². The predicted molar refractivity (Wildman–Crippen MR) is 129 cm³/mol. The fraction of sp³-hybridized carbons (Fsp3) is 0.222. The fourth-order valence-corrected chi connectivity index (χ4v) is 4.49. The van der Waals surface area contributed by atoms with Gasteiger partial charge in [-0.1, -0.05) is 31.0 Å². The maximum absolute atomic E-state index is 10.3. The van der Waals surface area contributed by atoms with Gasteiger partial charge >= 0.3 is 0 Å². The molecule has 9 heteroatoms. The Kier molecular flexibility index (Phi) is 5.36. The molecule has 0 amide bonds. The standard InChI is InChI=1S/C27H20N5O3.Pt/c1-13-9-16-5-6-22(31-24(16)26(33)30-13)34-20-11-19(14(2)23(28-4)15(20)3)27-32-25-18-7-8-29-12-17(18)10-21(25)35-27;/h5-9,12,21,25H,10H2,1-3H3,(H,30,33);/q-1;/t21-,25+;/m1./s1/i10D2;. The third kappa shape index (κ3) is 3.80. The van der Waals surface area contributed by atoms with Crippen molar-refractivity contribution in [2.24, 2.45) is 4.99 Å². The van der Waals surface area contributed by atoms with Gasteiger partial charge in [0, 0.05) is 65.5 Å². The first-order chi connectivity index (χ1) is 17.7. The van der Waals surface area contributed by atoms with Gasteiger partial charge in [-0.15, -0.1) is 5.56 Å². The van der Waals surface area contributed by atoms with Crippen LogP contribution in [0.2, 0.25) is 0 Å². The first-order valence-electron chi connectivity index (χ1n) is 12.0. The van der Waals surface area contributed by atoms with E-state index in [1.54, 1.807) is 45.2 Å². The van der Waals surface area contributed by atoms with Gasteiger partial charge in [0.25, 0.3) is 0 Å². The van der Waals surface area contributed by atoms with Crippen molar-refractivity contribution in [2.75, 3.05) is 0 Å². The van der Waals surface area contributed by atoms with E-state index < -0.39 is 18.5 Å². The van der Waals surface area contributed by atoms with Gasteiger partial charge in [0.15, 0.2) is 0 Å². The molecule has 1 N–H and O–H groups in total. The number of pyridine rings is 3. The number of hydrogen-bond donors (Lipinski definition) is 1. The molecule has 2 atom stereocenters. The van der Waals surface area contributed by atoms with Crippen molar-refractivity contribution in [3.05, 3.63) is 87.7 Å². The molecular weight excluding hydrogens is 637 g/mol. The molecule has 2 aliphatic rings. The second-order valence-corrected chi connectivity index (χ2v) is 8.47. The van der Waals surface area contributed by atoms with E-state index in [1.807, 2.05) is 6.07 Å². The van der Waals surface area contributed by atoms with Crippen LogP contribution in [0, 0.1) is 33.4 Å². The van der Waals surface area contributed by atoms with Crippen LogP contribution in [0.4, 0.5) is 5.69 Å². The van der Waals surface area contributed by atoms with E-state index in [2.05, 4.69) is 25.9 Å². The average Bonchev–Trinajstić information content (AvgIpc) is 3.40. The minimum atomic E-state index is -1.77. The maximum Gasteiger partial charge on any atom is 0.238 e. The van der Waals surface area contributed by atoms with Crippen LogP contribution in [0.25, 0.3) is 15.7 Å². The monoisotopic (exact) mass is 659 g/mol. The van der Waals surface area contributed by atoms with Crippen LogP contribution in [-0.4, -0.2) is 32.1 Å². The van der Waals surface area contributed by atoms with E-state index in [4.69, 9.17) is 23.8 Å². The maximum atomic E-state index is 10.3. The molecule has 4 heterocycles. The Labute approximate surface area is 225 Å². The van der Waals surface area contributed by atoms with Crippen LogP contribution in [0.1, 0.15) is 42.3 Å². The van der Waals surface area contributed by atoms with Crippen LogP contribution in [0.3, 0.4) is 0 Å². The molecule has 0 radical (unpaired) electrons. The number of ether oxygens (including phenoxy) is 2. The number of aromatic hydroxyl groups is 1. The Morgan fingerprint density at radius 3 is 2.86 bits per heavy atom. The molecule has 6 rings (SSSR count). The SMILES string of the molecule is [2H]C1([2H])c2cnccc2[C@@H]2N=C(c3[c-]c(Oc4ccc5cc(C)nc(O)c5n4)c(C)c([N+]#[C-])c3C)O[C@@H]21.[Pt]. The third-order valence-electron chi connectivity index (χ3n) is 6.21. The van der Waals surface area contributed by atoms with Crippen molar-refractivity contribution in [3.8, 4) is 17.5 Å². The Morgan fingerprint density at radius 2 is 2.06 bits per heavy atom. The van der Waals surface area contributed by atoms with Crippen molar-refractivity contribution < 1.29 is 38.4 Å². The Hall–Kier alpha value is -3.82. The average molecular weight is 660 g/mol. The summed E-state index contributed by atoms with van der Waals surface area (Å²) >= 11 is 0. The minimum Gasteiger partial charge on any atom is -0.514 e. The van der Waals surface area contributed by atoms with E-state index in [1.165, 1.54) is 6.20 Å². The summed E-state index contributed by atoms with van der Waals surface area (Å²) in [5, 5.41) is 11.0. The van der Waals surface area contributed by atoms with Gasteiger partial charge in [0.1, 0.15) is 29.2 Å². The summed E-state index contributed by atoms with van der Waals surface area (Å²) in [7, 11) is 0. The predicted octanol–water partition coefficient (Wildman–Crippen LogP) is 5.24. The second kappa shape index (κ2) is 9.00. The quantitative estimate of drug-likeness (QED) is 0.303. The topological polar surface area (TPSA) is 94.1 Å². The largest absolute Gasteiger partial charge is 0.514 e. The van der Waals surface area contributed by atoms with E-state index in [0.717, 1.165) is 10.9 Å². The number of aryl methyl sites for hydroxylation is 1. The summed E-state index contributed by atoms with van der Waals surface area (Å²) in [6, 6.07) is 9.66. The van der Waals surface area contributed by atoms with Gasteiger partial charge in [-0.3, -0.25) is 14.8 Å². The summed E-state index contributed by atoms with van der Waals surface area (Å²) in [4.78, 5) is 20.9. The number of rotatable bonds is 3. The molecule has 0 saturated carbocycles. The van der Waals surface area contributed by atoms with Gasteiger partial charge in [-0.2, -0.15) is 0 Å². The summed E-state index contributed by atoms with van der Waals surface area (Å²) in [5.74, 6) is 0.464. The first-order valence-corrected chi connectivity index (χ1v) is 11.0. The van der Waals surface area contributed by atoms with E-state index in [0.29, 0.717) is 39.2 Å². The second-order valence-electron chi connectivity index (χ2n) is 8.47. The van der Waals surface area contributed by atoms with Crippen LogP contribution >= 0.6 is 0 Å². The van der Waals surface area contributed by atoms with Gasteiger partial charge in [-0.05, 0) is 36.2 Å². The Bertz CT molecular complexity index is 1700. The molecule has 1 aliphatic carbocycles. The molecule has 182 valence electrons. The van der Waals surface area contributed by atoms with Gasteiger partial charge in [0.05, 0.1) is 6.57 Å². The molecule has 0 bridgehead atoms. The van der Waals surface area contributed by atoms with Crippen LogP contribution in [0.15, 0.2) is 41.7 Å². The van der Waals surface area contributed by atoms with Crippen molar-refractivity contribution in [1.82, 2.24) is 15.0 Å². The van der Waals surface area contributed by atoms with Crippen molar-refractivity contribution >= 4 is 22.5 Å². The van der Waals surface area contributed by atoms with E-state index in [-0.39, 0.29) is 44.5 Å². The van der Waals surface area contributed by atoms with E-state index >= 15 is 0 Å². The Morgan fingerprint density at radius 1 is 1.22 bits per heavy atom. The number of nitrogens with zero attached hydrogens (tertiary/aromatic N) is 5. The van der Waals surface area contributed by atoms with Crippen molar-refractivity contribution in [3.63, 3.8) is 0 Å². The Balaban J connectivity index is 0.00000294. The van der Waals surface area contributed by atoms with Crippen molar-refractivity contribution in [2.45, 2.75) is 39.3 Å². The summed E-state index contributed by atoms with van der Waals surface area (Å²) < 4.78 is 29.4. The molecule has 0 spiro atoms. The van der Waals surface area contributed by atoms with Crippen LogP contribution in [0.5, 0.6) is 17.5 Å². The van der Waals surface area contributed by atoms with Gasteiger partial charge < -0.3 is 14.6 Å². The zero-order valence-corrected chi connectivity index (χ0v) is 21.7. The molecule has 4 aromatic rings. The first kappa shape index (κ1) is 21.5. The van der Waals surface area contributed by atoms with E-state index in [9.17, 15) is 5.11 Å². The third-order valence-corrected chi connectivity index (χ3v) is 6.21. The fourth-order valence-electron chi connectivity index (χ4n) is 4.49. The summed E-state index contributed by atoms with van der Waals surface area (Å²) in [6.07, 6.45) is 0.507. The molecule has 1 aliphatic heterocycles. The summed E-state index contributed by atoms with van der Waals surface area (Å²) in [6.45, 7) is 13.1. The zero-order chi connectivity index (χ0) is 26.1. The molecule has 0 fully saturated rings. The number of aromatic nitrogens is 3. The van der Waals surface area contributed by atoms with Gasteiger partial charge in [0.2, 0.25) is 11.8 Å². The molecule has 0 saturated heterocycles. The minimum absolute atomic E-state index is 0. The number of fused-ring (bicyclic) bond motifs is 4. The number of benzene rings is 1. The normalized spacial score (nSPS) is 19.7. The molecule has 8 nitrogen and oxygen atoms in total. The van der Waals surface area contributed by atoms with Crippen molar-refractivity contribution in [1.29, 1.82) is 0 Å². The number of aliphatic imine (C=N–C) groups is 1. The molecule has 36 heavy (non-hydrogen) atoms. The zero-order valence-electron chi connectivity index (χ0n) is 21.4. The molecule has 0 unspecified atom stereocenters. The molecule has 1 aromatic carbocycles. The van der Waals surface area contributed by atoms with Gasteiger partial charge in [-0.25, -0.2) is 9.97 Å². The molecule has 3 aromatic heterocycles. The smallest absolute Gasteiger partial charge is 0.238 e. The number of hydrogen-bond acceptors (Lipinski definition) is 7. The molecular formula is C27H20N5O3Pt-. The van der Waals surface area contributed by atoms with Crippen LogP contribution in [-0.2, 0) is 32.2 Å².